The van der Waals surface area contributed by atoms with Crippen LogP contribution in [0.3, 0.4) is 0 Å². The van der Waals surface area contributed by atoms with E-state index in [1.807, 2.05) is 0 Å². The molecule has 2 atom stereocenters. The number of carbonyl (C=O) groups is 2. The maximum Gasteiger partial charge on any atom is 0.326 e. The molecule has 1 aliphatic heterocycles. The Labute approximate surface area is 146 Å². The molecule has 1 fully saturated rings. The molecule has 1 saturated heterocycles. The first-order valence-corrected chi connectivity index (χ1v) is 9.36. The Morgan fingerprint density at radius 1 is 1.40 bits per heavy atom. The van der Waals surface area contributed by atoms with Gasteiger partial charge in [0.1, 0.15) is 6.04 Å². The van der Waals surface area contributed by atoms with Gasteiger partial charge in [-0.15, -0.1) is 0 Å². The van der Waals surface area contributed by atoms with Crippen LogP contribution in [0.1, 0.15) is 29.3 Å². The van der Waals surface area contributed by atoms with Gasteiger partial charge in [0.05, 0.1) is 11.0 Å². The second-order valence-corrected chi connectivity index (χ2v) is 7.65. The molecule has 138 valence electrons. The van der Waals surface area contributed by atoms with Gasteiger partial charge in [-0.3, -0.25) is 4.79 Å². The molecule has 0 spiro atoms. The normalized spacial score (nSPS) is 20.7. The van der Waals surface area contributed by atoms with E-state index in [-0.39, 0.29) is 36.1 Å². The van der Waals surface area contributed by atoms with Crippen LogP contribution in [0.4, 0.5) is 0 Å². The lowest BCUT2D eigenvalue weighted by Gasteiger charge is -2.22. The minimum atomic E-state index is -3.71. The van der Waals surface area contributed by atoms with E-state index < -0.39 is 27.9 Å². The monoisotopic (exact) mass is 370 g/mol. The van der Waals surface area contributed by atoms with E-state index in [2.05, 4.69) is 4.72 Å². The number of ether oxygens (including phenoxy) is 1. The van der Waals surface area contributed by atoms with Crippen LogP contribution in [0.5, 0.6) is 0 Å². The average molecular weight is 370 g/mol. The van der Waals surface area contributed by atoms with Crippen molar-refractivity contribution in [3.63, 3.8) is 0 Å². The number of amides is 1. The lowest BCUT2D eigenvalue weighted by molar-refractivity contribution is -0.141. The molecule has 1 aromatic rings. The number of benzene rings is 1. The van der Waals surface area contributed by atoms with E-state index in [0.717, 1.165) is 0 Å². The Hall–Kier alpha value is -1.97. The number of aliphatic carboxylic acids is 1. The number of hydrogen-bond acceptors (Lipinski definition) is 5. The summed E-state index contributed by atoms with van der Waals surface area (Å²) in [6.45, 7) is 3.71. The second kappa shape index (κ2) is 7.51. The van der Waals surface area contributed by atoms with Crippen LogP contribution in [-0.4, -0.2) is 62.6 Å². The number of rotatable bonds is 6. The lowest BCUT2D eigenvalue weighted by atomic mass is 10.1. The lowest BCUT2D eigenvalue weighted by Crippen LogP contribution is -2.41. The Balaban J connectivity index is 2.40. The molecule has 0 aliphatic carbocycles. The van der Waals surface area contributed by atoms with E-state index in [1.54, 1.807) is 13.8 Å². The highest BCUT2D eigenvalue weighted by Crippen LogP contribution is 2.25. The number of methoxy groups -OCH3 is 1. The first-order chi connectivity index (χ1) is 11.7. The third-order valence-electron chi connectivity index (χ3n) is 4.23. The van der Waals surface area contributed by atoms with Crippen molar-refractivity contribution in [1.82, 2.24) is 9.62 Å². The topological polar surface area (TPSA) is 113 Å². The zero-order chi connectivity index (χ0) is 18.8. The minimum absolute atomic E-state index is 0.0299. The third-order valence-corrected chi connectivity index (χ3v) is 5.77. The molecular formula is C16H22N2O6S. The SMILES string of the molecule is CCNS(=O)(=O)c1ccc(C)c(C(=O)N2CC(OC)CC2C(=O)O)c1. The molecule has 0 aromatic heterocycles. The quantitative estimate of drug-likeness (QED) is 0.758. The molecule has 8 nitrogen and oxygen atoms in total. The summed E-state index contributed by atoms with van der Waals surface area (Å²) >= 11 is 0. The third kappa shape index (κ3) is 4.00. The van der Waals surface area contributed by atoms with E-state index in [4.69, 9.17) is 4.74 Å². The number of nitrogens with zero attached hydrogens (tertiary/aromatic N) is 1. The van der Waals surface area contributed by atoms with Gasteiger partial charge in [-0.1, -0.05) is 13.0 Å². The van der Waals surface area contributed by atoms with Gasteiger partial charge >= 0.3 is 5.97 Å². The number of sulfonamides is 1. The summed E-state index contributed by atoms with van der Waals surface area (Å²) in [5.74, 6) is -1.63. The molecular weight excluding hydrogens is 348 g/mol. The van der Waals surface area contributed by atoms with E-state index in [9.17, 15) is 23.1 Å². The Bertz CT molecular complexity index is 777. The van der Waals surface area contributed by atoms with Gasteiger partial charge in [0.2, 0.25) is 10.0 Å². The number of hydrogen-bond donors (Lipinski definition) is 2. The number of aryl methyl sites for hydroxylation is 1. The van der Waals surface area contributed by atoms with Crippen molar-refractivity contribution in [3.8, 4) is 0 Å². The predicted molar refractivity (Wildman–Crippen MR) is 89.9 cm³/mol. The van der Waals surface area contributed by atoms with Crippen LogP contribution in [0, 0.1) is 6.92 Å². The summed E-state index contributed by atoms with van der Waals surface area (Å²) in [6.07, 6.45) is -0.162. The van der Waals surface area contributed by atoms with Crippen molar-refractivity contribution in [1.29, 1.82) is 0 Å². The van der Waals surface area contributed by atoms with Gasteiger partial charge < -0.3 is 14.7 Å². The van der Waals surface area contributed by atoms with Gasteiger partial charge in [-0.05, 0) is 24.6 Å². The maximum atomic E-state index is 12.9. The summed E-state index contributed by atoms with van der Waals surface area (Å²) in [4.78, 5) is 25.5. The first-order valence-electron chi connectivity index (χ1n) is 7.88. The van der Waals surface area contributed by atoms with Crippen molar-refractivity contribution < 1.29 is 27.9 Å². The smallest absolute Gasteiger partial charge is 0.326 e. The van der Waals surface area contributed by atoms with Gasteiger partial charge in [-0.2, -0.15) is 0 Å². The molecule has 1 aromatic carbocycles. The standard InChI is InChI=1S/C16H22N2O6S/c1-4-17-25(22,23)12-6-5-10(2)13(8-12)15(19)18-9-11(24-3)7-14(18)16(20)21/h5-6,8,11,14,17H,4,7,9H2,1-3H3,(H,20,21). The molecule has 2 N–H and O–H groups in total. The number of nitrogens with one attached hydrogen (secondary N) is 1. The van der Waals surface area contributed by atoms with Crippen LogP contribution in [-0.2, 0) is 19.6 Å². The largest absolute Gasteiger partial charge is 0.480 e. The van der Waals surface area contributed by atoms with Gasteiger partial charge in [-0.25, -0.2) is 17.9 Å². The fourth-order valence-corrected chi connectivity index (χ4v) is 3.92. The highest BCUT2D eigenvalue weighted by molar-refractivity contribution is 7.89. The number of carboxylic acids is 1. The van der Waals surface area contributed by atoms with Crippen molar-refractivity contribution in [3.05, 3.63) is 29.3 Å². The Morgan fingerprint density at radius 3 is 2.64 bits per heavy atom. The van der Waals surface area contributed by atoms with Crippen molar-refractivity contribution >= 4 is 21.9 Å². The highest BCUT2D eigenvalue weighted by Gasteiger charge is 2.40. The summed E-state index contributed by atoms with van der Waals surface area (Å²) in [6, 6.07) is 3.25. The minimum Gasteiger partial charge on any atom is -0.480 e. The molecule has 1 aliphatic rings. The fraction of sp³-hybridized carbons (Fsp3) is 0.500. The van der Waals surface area contributed by atoms with Crippen molar-refractivity contribution in [2.24, 2.45) is 0 Å². The second-order valence-electron chi connectivity index (χ2n) is 5.88. The van der Waals surface area contributed by atoms with Gasteiger partial charge in [0, 0.05) is 32.2 Å². The summed E-state index contributed by atoms with van der Waals surface area (Å²) in [7, 11) is -2.25. The van der Waals surface area contributed by atoms with Crippen molar-refractivity contribution in [2.75, 3.05) is 20.2 Å². The molecule has 2 rings (SSSR count). The van der Waals surface area contributed by atoms with Gasteiger partial charge in [0.25, 0.3) is 5.91 Å². The van der Waals surface area contributed by atoms with E-state index in [1.165, 1.54) is 30.2 Å². The molecule has 1 heterocycles. The average Bonchev–Trinajstić information content (AvgIpc) is 2.99. The van der Waals surface area contributed by atoms with Gasteiger partial charge in [0.15, 0.2) is 0 Å². The van der Waals surface area contributed by atoms with E-state index >= 15 is 0 Å². The summed E-state index contributed by atoms with van der Waals surface area (Å²) < 4.78 is 31.9. The molecule has 0 radical (unpaired) electrons. The number of carboxylic acid groups (broad SMARTS) is 1. The zero-order valence-electron chi connectivity index (χ0n) is 14.4. The Morgan fingerprint density at radius 2 is 2.08 bits per heavy atom. The zero-order valence-corrected chi connectivity index (χ0v) is 15.2. The van der Waals surface area contributed by atoms with Crippen LogP contribution in [0.25, 0.3) is 0 Å². The fourth-order valence-electron chi connectivity index (χ4n) is 2.85. The molecule has 0 bridgehead atoms. The van der Waals surface area contributed by atoms with Crippen LogP contribution in [0.15, 0.2) is 23.1 Å². The summed E-state index contributed by atoms with van der Waals surface area (Å²) in [5, 5.41) is 9.36. The highest BCUT2D eigenvalue weighted by atomic mass is 32.2. The summed E-state index contributed by atoms with van der Waals surface area (Å²) in [5.41, 5.74) is 0.743. The molecule has 1 amide bonds. The number of likely N-dealkylation sites (tertiary alicyclic amines) is 1. The molecule has 25 heavy (non-hydrogen) atoms. The maximum absolute atomic E-state index is 12.9. The molecule has 0 saturated carbocycles. The predicted octanol–water partition coefficient (Wildman–Crippen LogP) is 0.607. The first kappa shape index (κ1) is 19.4. The van der Waals surface area contributed by atoms with Crippen LogP contribution in [0.2, 0.25) is 0 Å². The van der Waals surface area contributed by atoms with Crippen LogP contribution >= 0.6 is 0 Å². The number of carbonyl (C=O) groups excluding carboxylic acids is 1. The molecule has 2 unspecified atom stereocenters. The van der Waals surface area contributed by atoms with Crippen molar-refractivity contribution in [2.45, 2.75) is 37.3 Å². The molecule has 9 heteroatoms. The van der Waals surface area contributed by atoms with E-state index in [0.29, 0.717) is 5.56 Å². The van der Waals surface area contributed by atoms with Crippen LogP contribution < -0.4 is 4.72 Å². The Kier molecular flexibility index (Phi) is 5.81.